The predicted octanol–water partition coefficient (Wildman–Crippen LogP) is 3.99. The Morgan fingerprint density at radius 1 is 1.10 bits per heavy atom. The summed E-state index contributed by atoms with van der Waals surface area (Å²) in [5, 5.41) is 7.79. The summed E-state index contributed by atoms with van der Waals surface area (Å²) in [5.41, 5.74) is 4.88. The smallest absolute Gasteiger partial charge is 0.251 e. The fourth-order valence-electron chi connectivity index (χ4n) is 3.86. The number of fused-ring (bicyclic) bond motifs is 1. The van der Waals surface area contributed by atoms with Crippen molar-refractivity contribution in [2.24, 2.45) is 0 Å². The lowest BCUT2D eigenvalue weighted by Crippen LogP contribution is -2.23. The van der Waals surface area contributed by atoms with E-state index in [4.69, 9.17) is 5.10 Å². The van der Waals surface area contributed by atoms with Gasteiger partial charge < -0.3 is 5.32 Å². The fourth-order valence-corrected chi connectivity index (χ4v) is 4.38. The monoisotopic (exact) mass is 404 g/mol. The van der Waals surface area contributed by atoms with Crippen molar-refractivity contribution in [2.45, 2.75) is 38.3 Å². The lowest BCUT2D eigenvalue weighted by atomic mass is 10.2. The van der Waals surface area contributed by atoms with Gasteiger partial charge in [-0.05, 0) is 49.2 Å². The highest BCUT2D eigenvalue weighted by Gasteiger charge is 2.22. The molecule has 8 heteroatoms. The Morgan fingerprint density at radius 3 is 2.79 bits per heavy atom. The van der Waals surface area contributed by atoms with Crippen molar-refractivity contribution >= 4 is 28.7 Å². The molecule has 3 aromatic heterocycles. The number of hydrogen-bond donors (Lipinski definition) is 1. The van der Waals surface area contributed by atoms with Gasteiger partial charge in [-0.2, -0.15) is 13.8 Å². The van der Waals surface area contributed by atoms with Crippen molar-refractivity contribution in [3.63, 3.8) is 0 Å². The highest BCUT2D eigenvalue weighted by atomic mass is 32.1. The second-order valence-corrected chi connectivity index (χ2v) is 7.80. The van der Waals surface area contributed by atoms with Crippen LogP contribution in [0.25, 0.3) is 22.4 Å². The van der Waals surface area contributed by atoms with Gasteiger partial charge in [0.15, 0.2) is 0 Å². The Balaban J connectivity index is 1.37. The minimum Gasteiger partial charge on any atom is -0.346 e. The van der Waals surface area contributed by atoms with Gasteiger partial charge in [0.2, 0.25) is 0 Å². The molecule has 29 heavy (non-hydrogen) atoms. The van der Waals surface area contributed by atoms with E-state index in [2.05, 4.69) is 23.7 Å². The summed E-state index contributed by atoms with van der Waals surface area (Å²) in [6, 6.07) is 13.7. The molecule has 1 aliphatic rings. The van der Waals surface area contributed by atoms with Crippen LogP contribution < -0.4 is 5.32 Å². The molecule has 3 heterocycles. The van der Waals surface area contributed by atoms with Crippen molar-refractivity contribution in [3.05, 3.63) is 59.9 Å². The first-order valence-corrected chi connectivity index (χ1v) is 10.5. The maximum atomic E-state index is 12.6. The Morgan fingerprint density at radius 2 is 1.97 bits per heavy atom. The molecule has 1 saturated carbocycles. The van der Waals surface area contributed by atoms with Gasteiger partial charge in [-0.25, -0.2) is 0 Å². The predicted molar refractivity (Wildman–Crippen MR) is 112 cm³/mol. The first-order chi connectivity index (χ1) is 14.3. The highest BCUT2D eigenvalue weighted by Crippen LogP contribution is 2.33. The average Bonchev–Trinajstić information content (AvgIpc) is 3.52. The molecule has 1 amide bonds. The topological polar surface area (TPSA) is 85.6 Å². The van der Waals surface area contributed by atoms with Crippen LogP contribution in [0.2, 0.25) is 0 Å². The molecular formula is C21H20N6OS. The van der Waals surface area contributed by atoms with E-state index in [1.165, 1.54) is 12.8 Å². The summed E-state index contributed by atoms with van der Waals surface area (Å²) < 4.78 is 10.5. The van der Waals surface area contributed by atoms with Gasteiger partial charge in [-0.1, -0.05) is 18.9 Å². The van der Waals surface area contributed by atoms with Crippen LogP contribution in [0.3, 0.4) is 0 Å². The van der Waals surface area contributed by atoms with E-state index in [1.54, 1.807) is 18.3 Å². The molecule has 0 saturated heterocycles. The van der Waals surface area contributed by atoms with E-state index in [-0.39, 0.29) is 5.91 Å². The van der Waals surface area contributed by atoms with Crippen molar-refractivity contribution < 1.29 is 4.79 Å². The van der Waals surface area contributed by atoms with Gasteiger partial charge >= 0.3 is 0 Å². The molecule has 146 valence electrons. The van der Waals surface area contributed by atoms with Crippen LogP contribution in [-0.4, -0.2) is 29.4 Å². The number of nitrogens with one attached hydrogen (secondary N) is 1. The Bertz CT molecular complexity index is 1150. The molecule has 0 radical (unpaired) electrons. The number of benzene rings is 1. The summed E-state index contributed by atoms with van der Waals surface area (Å²) in [6.07, 6.45) is 6.52. The molecule has 0 bridgehead atoms. The fraction of sp³-hybridized carbons (Fsp3) is 0.286. The van der Waals surface area contributed by atoms with E-state index >= 15 is 0 Å². The zero-order valence-corrected chi connectivity index (χ0v) is 16.6. The van der Waals surface area contributed by atoms with Crippen LogP contribution in [-0.2, 0) is 6.54 Å². The van der Waals surface area contributed by atoms with E-state index < -0.39 is 0 Å². The molecule has 4 aromatic rings. The Hall–Kier alpha value is -3.13. The van der Waals surface area contributed by atoms with Crippen molar-refractivity contribution in [1.82, 2.24) is 28.8 Å². The third-order valence-electron chi connectivity index (χ3n) is 5.33. The maximum Gasteiger partial charge on any atom is 0.251 e. The molecule has 0 spiro atoms. The maximum absolute atomic E-state index is 12.6. The van der Waals surface area contributed by atoms with Gasteiger partial charge in [-0.3, -0.25) is 14.5 Å². The SMILES string of the molecule is O=C(NCc1cc(-c2ccccn2)n(C2CCCC2)n1)c1ccc2nsnc2c1. The van der Waals surface area contributed by atoms with Crippen LogP contribution in [0.5, 0.6) is 0 Å². The van der Waals surface area contributed by atoms with E-state index in [9.17, 15) is 4.79 Å². The Kier molecular flexibility index (Phi) is 4.77. The number of amides is 1. The van der Waals surface area contributed by atoms with E-state index in [0.29, 0.717) is 18.2 Å². The Labute approximate surface area is 172 Å². The summed E-state index contributed by atoms with van der Waals surface area (Å²) >= 11 is 1.15. The van der Waals surface area contributed by atoms with Gasteiger partial charge in [0, 0.05) is 11.8 Å². The van der Waals surface area contributed by atoms with Gasteiger partial charge in [0.25, 0.3) is 5.91 Å². The first kappa shape index (κ1) is 17.9. The van der Waals surface area contributed by atoms with Crippen molar-refractivity contribution in [1.29, 1.82) is 0 Å². The second kappa shape index (κ2) is 7.71. The van der Waals surface area contributed by atoms with Gasteiger partial charge in [-0.15, -0.1) is 0 Å². The number of pyridine rings is 1. The summed E-state index contributed by atoms with van der Waals surface area (Å²) in [7, 11) is 0. The largest absolute Gasteiger partial charge is 0.346 e. The van der Waals surface area contributed by atoms with Crippen LogP contribution in [0.1, 0.15) is 47.8 Å². The second-order valence-electron chi connectivity index (χ2n) is 7.27. The van der Waals surface area contributed by atoms with Crippen LogP contribution in [0.4, 0.5) is 0 Å². The summed E-state index contributed by atoms with van der Waals surface area (Å²) in [5.74, 6) is -0.144. The average molecular weight is 404 g/mol. The first-order valence-electron chi connectivity index (χ1n) is 9.78. The quantitative estimate of drug-likeness (QED) is 0.543. The number of carbonyl (C=O) groups excluding carboxylic acids is 1. The zero-order valence-electron chi connectivity index (χ0n) is 15.8. The number of rotatable bonds is 5. The molecule has 1 fully saturated rings. The lowest BCUT2D eigenvalue weighted by molar-refractivity contribution is 0.0950. The molecule has 1 aromatic carbocycles. The summed E-state index contributed by atoms with van der Waals surface area (Å²) in [6.45, 7) is 0.367. The standard InChI is InChI=1S/C21H20N6OS/c28-21(14-8-9-17-19(11-14)26-29-25-17)23-13-15-12-20(18-7-3-4-10-22-18)27(24-15)16-5-1-2-6-16/h3-4,7-12,16H,1-2,5-6,13H2,(H,23,28). The molecule has 0 atom stereocenters. The van der Waals surface area contributed by atoms with Crippen molar-refractivity contribution in [3.8, 4) is 11.4 Å². The number of carbonyl (C=O) groups is 1. The van der Waals surface area contributed by atoms with E-state index in [0.717, 1.165) is 52.7 Å². The lowest BCUT2D eigenvalue weighted by Gasteiger charge is -2.13. The number of hydrogen-bond acceptors (Lipinski definition) is 6. The van der Waals surface area contributed by atoms with Crippen LogP contribution in [0, 0.1) is 0 Å². The number of aromatic nitrogens is 5. The normalized spacial score (nSPS) is 14.5. The van der Waals surface area contributed by atoms with E-state index in [1.807, 2.05) is 30.3 Å². The van der Waals surface area contributed by atoms with Crippen LogP contribution >= 0.6 is 11.7 Å². The minimum atomic E-state index is -0.144. The molecule has 5 rings (SSSR count). The number of nitrogens with zero attached hydrogens (tertiary/aromatic N) is 5. The van der Waals surface area contributed by atoms with Crippen LogP contribution in [0.15, 0.2) is 48.7 Å². The minimum absolute atomic E-state index is 0.144. The highest BCUT2D eigenvalue weighted by molar-refractivity contribution is 7.00. The molecular weight excluding hydrogens is 384 g/mol. The summed E-state index contributed by atoms with van der Waals surface area (Å²) in [4.78, 5) is 17.1. The van der Waals surface area contributed by atoms with Crippen molar-refractivity contribution in [2.75, 3.05) is 0 Å². The molecule has 0 unspecified atom stereocenters. The van der Waals surface area contributed by atoms with Gasteiger partial charge in [0.1, 0.15) is 11.0 Å². The zero-order chi connectivity index (χ0) is 19.6. The third-order valence-corrected chi connectivity index (χ3v) is 5.89. The van der Waals surface area contributed by atoms with Gasteiger partial charge in [0.05, 0.1) is 41.4 Å². The molecule has 1 N–H and O–H groups in total. The third kappa shape index (κ3) is 3.63. The molecule has 1 aliphatic carbocycles. The molecule has 0 aliphatic heterocycles. The molecule has 7 nitrogen and oxygen atoms in total.